The maximum Gasteiger partial charge on any atom is 0.0660 e. The molecule has 0 aliphatic rings. The van der Waals surface area contributed by atoms with E-state index in [9.17, 15) is 0 Å². The molecule has 2 N–H and O–H groups in total. The third-order valence-electron chi connectivity index (χ3n) is 1.87. The topological polar surface area (TPSA) is 35.2 Å². The van der Waals surface area contributed by atoms with Crippen LogP contribution in [0.25, 0.3) is 0 Å². The molecule has 0 heterocycles. The van der Waals surface area contributed by atoms with Crippen molar-refractivity contribution in [1.82, 2.24) is 0 Å². The van der Waals surface area contributed by atoms with Crippen LogP contribution in [0, 0.1) is 0 Å². The maximum atomic E-state index is 5.98. The summed E-state index contributed by atoms with van der Waals surface area (Å²) in [7, 11) is 0. The van der Waals surface area contributed by atoms with E-state index in [1.807, 2.05) is 6.92 Å². The molecule has 78 valence electrons. The van der Waals surface area contributed by atoms with Crippen LogP contribution in [0.3, 0.4) is 0 Å². The van der Waals surface area contributed by atoms with E-state index >= 15 is 0 Å². The summed E-state index contributed by atoms with van der Waals surface area (Å²) in [4.78, 5) is 0. The van der Waals surface area contributed by atoms with Crippen LogP contribution in [-0.2, 0) is 4.74 Å². The van der Waals surface area contributed by atoms with Gasteiger partial charge in [-0.15, -0.1) is 0 Å². The van der Waals surface area contributed by atoms with Gasteiger partial charge in [0.2, 0.25) is 0 Å². The van der Waals surface area contributed by atoms with Crippen molar-refractivity contribution < 1.29 is 4.74 Å². The van der Waals surface area contributed by atoms with E-state index in [1.54, 1.807) is 18.2 Å². The number of hydrogen-bond donors (Lipinski definition) is 1. The van der Waals surface area contributed by atoms with Crippen molar-refractivity contribution in [2.45, 2.75) is 13.0 Å². The molecule has 0 aromatic heterocycles. The first kappa shape index (κ1) is 11.8. The largest absolute Gasteiger partial charge is 0.380 e. The third-order valence-corrected chi connectivity index (χ3v) is 2.53. The number of benzene rings is 1. The highest BCUT2D eigenvalue weighted by molar-refractivity contribution is 6.36. The quantitative estimate of drug-likeness (QED) is 0.868. The Morgan fingerprint density at radius 2 is 1.93 bits per heavy atom. The lowest BCUT2D eigenvalue weighted by molar-refractivity contribution is 0.133. The van der Waals surface area contributed by atoms with Gasteiger partial charge in [0.1, 0.15) is 0 Å². The Kier molecular flexibility index (Phi) is 4.69. The molecule has 2 nitrogen and oxygen atoms in total. The first-order chi connectivity index (χ1) is 6.66. The van der Waals surface area contributed by atoms with Crippen LogP contribution < -0.4 is 5.73 Å². The van der Waals surface area contributed by atoms with Gasteiger partial charge >= 0.3 is 0 Å². The van der Waals surface area contributed by atoms with E-state index in [4.69, 9.17) is 33.7 Å². The second-order valence-electron chi connectivity index (χ2n) is 2.90. The van der Waals surface area contributed by atoms with E-state index in [0.717, 1.165) is 5.56 Å². The molecule has 0 bridgehead atoms. The Labute approximate surface area is 94.0 Å². The number of hydrogen-bond acceptors (Lipinski definition) is 2. The molecule has 1 rings (SSSR count). The van der Waals surface area contributed by atoms with Crippen molar-refractivity contribution in [3.05, 3.63) is 33.8 Å². The van der Waals surface area contributed by atoms with Gasteiger partial charge < -0.3 is 10.5 Å². The SMILES string of the molecule is CCOCC(N)c1c(Cl)cccc1Cl. The standard InChI is InChI=1S/C10H13Cl2NO/c1-2-14-6-9(13)10-7(11)4-3-5-8(10)12/h3-5,9H,2,6,13H2,1H3. The van der Waals surface area contributed by atoms with Gasteiger partial charge in [-0.2, -0.15) is 0 Å². The van der Waals surface area contributed by atoms with Gasteiger partial charge in [-0.1, -0.05) is 29.3 Å². The highest BCUT2D eigenvalue weighted by Crippen LogP contribution is 2.28. The summed E-state index contributed by atoms with van der Waals surface area (Å²) in [6.45, 7) is 2.98. The molecule has 0 spiro atoms. The number of rotatable bonds is 4. The summed E-state index contributed by atoms with van der Waals surface area (Å²) in [6, 6.07) is 5.07. The van der Waals surface area contributed by atoms with Crippen LogP contribution in [0.5, 0.6) is 0 Å². The molecule has 0 amide bonds. The summed E-state index contributed by atoms with van der Waals surface area (Å²) < 4.78 is 5.22. The fourth-order valence-corrected chi connectivity index (χ4v) is 1.87. The first-order valence-corrected chi connectivity index (χ1v) is 5.19. The summed E-state index contributed by atoms with van der Waals surface area (Å²) in [6.07, 6.45) is 0. The number of halogens is 2. The van der Waals surface area contributed by atoms with E-state index in [-0.39, 0.29) is 6.04 Å². The van der Waals surface area contributed by atoms with Crippen molar-refractivity contribution in [3.8, 4) is 0 Å². The van der Waals surface area contributed by atoms with E-state index in [1.165, 1.54) is 0 Å². The van der Waals surface area contributed by atoms with Crippen LogP contribution in [-0.4, -0.2) is 13.2 Å². The van der Waals surface area contributed by atoms with Crippen molar-refractivity contribution in [1.29, 1.82) is 0 Å². The monoisotopic (exact) mass is 233 g/mol. The first-order valence-electron chi connectivity index (χ1n) is 4.44. The molecule has 4 heteroatoms. The molecule has 1 atom stereocenters. The zero-order valence-corrected chi connectivity index (χ0v) is 9.48. The van der Waals surface area contributed by atoms with Gasteiger partial charge in [0.25, 0.3) is 0 Å². The average molecular weight is 234 g/mol. The predicted molar refractivity (Wildman–Crippen MR) is 59.9 cm³/mol. The predicted octanol–water partition coefficient (Wildman–Crippen LogP) is 3.03. The van der Waals surface area contributed by atoms with Gasteiger partial charge in [0.15, 0.2) is 0 Å². The van der Waals surface area contributed by atoms with Gasteiger partial charge in [-0.25, -0.2) is 0 Å². The van der Waals surface area contributed by atoms with Crippen LogP contribution in [0.2, 0.25) is 10.0 Å². The minimum Gasteiger partial charge on any atom is -0.380 e. The maximum absolute atomic E-state index is 5.98. The second kappa shape index (κ2) is 5.56. The molecule has 1 aromatic carbocycles. The van der Waals surface area contributed by atoms with Crippen LogP contribution >= 0.6 is 23.2 Å². The molecule has 0 aliphatic carbocycles. The Balaban J connectivity index is 2.82. The third kappa shape index (κ3) is 2.85. The van der Waals surface area contributed by atoms with Crippen LogP contribution in [0.1, 0.15) is 18.5 Å². The van der Waals surface area contributed by atoms with Crippen molar-refractivity contribution in [3.63, 3.8) is 0 Å². The van der Waals surface area contributed by atoms with E-state index in [2.05, 4.69) is 0 Å². The zero-order chi connectivity index (χ0) is 10.6. The molecule has 0 saturated carbocycles. The zero-order valence-electron chi connectivity index (χ0n) is 7.97. The number of nitrogens with two attached hydrogens (primary N) is 1. The fourth-order valence-electron chi connectivity index (χ4n) is 1.19. The molecule has 0 fully saturated rings. The summed E-state index contributed by atoms with van der Waals surface area (Å²) in [5, 5.41) is 1.18. The normalized spacial score (nSPS) is 12.9. The lowest BCUT2D eigenvalue weighted by Crippen LogP contribution is -2.18. The minimum absolute atomic E-state index is 0.267. The highest BCUT2D eigenvalue weighted by Gasteiger charge is 2.13. The number of ether oxygens (including phenoxy) is 1. The fraction of sp³-hybridized carbons (Fsp3) is 0.400. The summed E-state index contributed by atoms with van der Waals surface area (Å²) in [5.74, 6) is 0. The molecule has 1 aromatic rings. The smallest absolute Gasteiger partial charge is 0.0660 e. The lowest BCUT2D eigenvalue weighted by atomic mass is 10.1. The molecule has 0 aliphatic heterocycles. The van der Waals surface area contributed by atoms with Crippen LogP contribution in [0.15, 0.2) is 18.2 Å². The molecule has 0 radical (unpaired) electrons. The molecular formula is C10H13Cl2NO. The van der Waals surface area contributed by atoms with Gasteiger partial charge in [-0.3, -0.25) is 0 Å². The highest BCUT2D eigenvalue weighted by atomic mass is 35.5. The van der Waals surface area contributed by atoms with Gasteiger partial charge in [0, 0.05) is 22.2 Å². The minimum atomic E-state index is -0.267. The Morgan fingerprint density at radius 3 is 2.43 bits per heavy atom. The molecule has 0 saturated heterocycles. The Bertz CT molecular complexity index is 284. The molecular weight excluding hydrogens is 221 g/mol. The van der Waals surface area contributed by atoms with Crippen molar-refractivity contribution in [2.24, 2.45) is 5.73 Å². The second-order valence-corrected chi connectivity index (χ2v) is 3.72. The Hall–Kier alpha value is -0.280. The van der Waals surface area contributed by atoms with Gasteiger partial charge in [-0.05, 0) is 19.1 Å². The van der Waals surface area contributed by atoms with E-state index in [0.29, 0.717) is 23.3 Å². The molecule has 14 heavy (non-hydrogen) atoms. The Morgan fingerprint density at radius 1 is 1.36 bits per heavy atom. The summed E-state index contributed by atoms with van der Waals surface area (Å²) in [5.41, 5.74) is 6.64. The lowest BCUT2D eigenvalue weighted by Gasteiger charge is -2.14. The summed E-state index contributed by atoms with van der Waals surface area (Å²) >= 11 is 12.0. The van der Waals surface area contributed by atoms with Crippen molar-refractivity contribution >= 4 is 23.2 Å². The van der Waals surface area contributed by atoms with Crippen molar-refractivity contribution in [2.75, 3.05) is 13.2 Å². The average Bonchev–Trinajstić information content (AvgIpc) is 2.14. The van der Waals surface area contributed by atoms with Crippen LogP contribution in [0.4, 0.5) is 0 Å². The molecule has 1 unspecified atom stereocenters. The van der Waals surface area contributed by atoms with E-state index < -0.39 is 0 Å². The van der Waals surface area contributed by atoms with Gasteiger partial charge in [0.05, 0.1) is 12.6 Å².